The summed E-state index contributed by atoms with van der Waals surface area (Å²) in [6, 6.07) is 5.19. The average Bonchev–Trinajstić information content (AvgIpc) is 2.42. The van der Waals surface area contributed by atoms with Crippen LogP contribution in [0.2, 0.25) is 0 Å². The normalized spacial score (nSPS) is 11.6. The second-order valence-electron chi connectivity index (χ2n) is 4.32. The molecule has 0 radical (unpaired) electrons. The van der Waals surface area contributed by atoms with E-state index in [1.807, 2.05) is 13.8 Å². The van der Waals surface area contributed by atoms with Gasteiger partial charge in [-0.3, -0.25) is 5.32 Å². The summed E-state index contributed by atoms with van der Waals surface area (Å²) in [5.41, 5.74) is 0.580. The van der Waals surface area contributed by atoms with E-state index in [4.69, 9.17) is 18.9 Å². The molecule has 1 aromatic rings. The molecule has 1 N–H and O–H groups in total. The molecule has 0 spiro atoms. The minimum atomic E-state index is -0.536. The Morgan fingerprint density at radius 1 is 1.19 bits per heavy atom. The number of carbonyl (C=O) groups excluding carboxylic acids is 1. The van der Waals surface area contributed by atoms with E-state index in [0.29, 0.717) is 37.0 Å². The van der Waals surface area contributed by atoms with Crippen molar-refractivity contribution in [3.8, 4) is 11.5 Å². The number of nitrogens with one attached hydrogen (secondary N) is 1. The SMILES string of the molecule is CCOc1ccc(NC(=O)OC(C)COC)cc1OCC. The van der Waals surface area contributed by atoms with Crippen LogP contribution in [0, 0.1) is 0 Å². The third-order valence-electron chi connectivity index (χ3n) is 2.50. The number of amides is 1. The van der Waals surface area contributed by atoms with Gasteiger partial charge in [0.15, 0.2) is 11.5 Å². The number of anilines is 1. The topological polar surface area (TPSA) is 66.0 Å². The summed E-state index contributed by atoms with van der Waals surface area (Å²) in [5, 5.41) is 2.65. The molecule has 1 amide bonds. The predicted octanol–water partition coefficient (Wildman–Crippen LogP) is 3.07. The van der Waals surface area contributed by atoms with Gasteiger partial charge in [0, 0.05) is 18.9 Å². The fourth-order valence-electron chi connectivity index (χ4n) is 1.73. The third-order valence-corrected chi connectivity index (χ3v) is 2.50. The predicted molar refractivity (Wildman–Crippen MR) is 80.2 cm³/mol. The number of carbonyl (C=O) groups is 1. The first-order valence-corrected chi connectivity index (χ1v) is 6.96. The first kappa shape index (κ1) is 17.1. The molecule has 1 unspecified atom stereocenters. The van der Waals surface area contributed by atoms with E-state index in [0.717, 1.165) is 0 Å². The van der Waals surface area contributed by atoms with Crippen LogP contribution in [0.3, 0.4) is 0 Å². The van der Waals surface area contributed by atoms with Crippen LogP contribution in [0.5, 0.6) is 11.5 Å². The fraction of sp³-hybridized carbons (Fsp3) is 0.533. The molecule has 0 saturated heterocycles. The molecule has 0 heterocycles. The molecule has 6 heteroatoms. The van der Waals surface area contributed by atoms with Gasteiger partial charge in [-0.1, -0.05) is 0 Å². The Bertz CT molecular complexity index is 450. The molecule has 118 valence electrons. The van der Waals surface area contributed by atoms with Crippen LogP contribution in [0.4, 0.5) is 10.5 Å². The van der Waals surface area contributed by atoms with Crippen LogP contribution in [0.25, 0.3) is 0 Å². The molecular weight excluding hydrogens is 274 g/mol. The Morgan fingerprint density at radius 3 is 2.48 bits per heavy atom. The van der Waals surface area contributed by atoms with Gasteiger partial charge in [0.2, 0.25) is 0 Å². The van der Waals surface area contributed by atoms with Crippen molar-refractivity contribution in [3.05, 3.63) is 18.2 Å². The highest BCUT2D eigenvalue weighted by atomic mass is 16.6. The molecular formula is C15H23NO5. The molecule has 0 aliphatic heterocycles. The zero-order chi connectivity index (χ0) is 15.7. The second kappa shape index (κ2) is 9.07. The molecule has 0 aliphatic rings. The van der Waals surface area contributed by atoms with Gasteiger partial charge in [0.1, 0.15) is 6.10 Å². The average molecular weight is 297 g/mol. The lowest BCUT2D eigenvalue weighted by molar-refractivity contribution is 0.0564. The lowest BCUT2D eigenvalue weighted by atomic mass is 10.2. The van der Waals surface area contributed by atoms with Gasteiger partial charge >= 0.3 is 6.09 Å². The van der Waals surface area contributed by atoms with E-state index in [-0.39, 0.29) is 6.10 Å². The third kappa shape index (κ3) is 5.91. The van der Waals surface area contributed by atoms with Crippen molar-refractivity contribution in [2.75, 3.05) is 32.2 Å². The summed E-state index contributed by atoms with van der Waals surface area (Å²) in [5.74, 6) is 1.23. The van der Waals surface area contributed by atoms with Crippen LogP contribution in [-0.4, -0.2) is 39.1 Å². The van der Waals surface area contributed by atoms with Crippen LogP contribution in [-0.2, 0) is 9.47 Å². The van der Waals surface area contributed by atoms with Gasteiger partial charge in [-0.15, -0.1) is 0 Å². The molecule has 0 aromatic heterocycles. The van der Waals surface area contributed by atoms with Crippen molar-refractivity contribution in [2.45, 2.75) is 26.9 Å². The Morgan fingerprint density at radius 2 is 1.86 bits per heavy atom. The van der Waals surface area contributed by atoms with E-state index < -0.39 is 6.09 Å². The molecule has 0 fully saturated rings. The van der Waals surface area contributed by atoms with E-state index in [2.05, 4.69) is 5.32 Å². The van der Waals surface area contributed by atoms with Gasteiger partial charge in [-0.05, 0) is 32.9 Å². The summed E-state index contributed by atoms with van der Waals surface area (Å²) < 4.78 is 21.0. The maximum atomic E-state index is 11.7. The molecule has 6 nitrogen and oxygen atoms in total. The van der Waals surface area contributed by atoms with Crippen molar-refractivity contribution in [1.29, 1.82) is 0 Å². The molecule has 1 atom stereocenters. The van der Waals surface area contributed by atoms with E-state index >= 15 is 0 Å². The van der Waals surface area contributed by atoms with Gasteiger partial charge in [0.05, 0.1) is 19.8 Å². The summed E-state index contributed by atoms with van der Waals surface area (Å²) in [6.07, 6.45) is -0.852. The van der Waals surface area contributed by atoms with Crippen LogP contribution in [0.15, 0.2) is 18.2 Å². The van der Waals surface area contributed by atoms with Gasteiger partial charge < -0.3 is 18.9 Å². The Hall–Kier alpha value is -1.95. The number of ether oxygens (including phenoxy) is 4. The van der Waals surface area contributed by atoms with Crippen LogP contribution >= 0.6 is 0 Å². The fourth-order valence-corrected chi connectivity index (χ4v) is 1.73. The largest absolute Gasteiger partial charge is 0.490 e. The molecule has 21 heavy (non-hydrogen) atoms. The first-order chi connectivity index (χ1) is 10.1. The molecule has 0 saturated carbocycles. The number of hydrogen-bond acceptors (Lipinski definition) is 5. The number of hydrogen-bond donors (Lipinski definition) is 1. The summed E-state index contributed by atoms with van der Waals surface area (Å²) in [6.45, 7) is 6.95. The highest BCUT2D eigenvalue weighted by Crippen LogP contribution is 2.30. The number of rotatable bonds is 8. The molecule has 1 aromatic carbocycles. The van der Waals surface area contributed by atoms with E-state index in [1.54, 1.807) is 32.2 Å². The van der Waals surface area contributed by atoms with Crippen molar-refractivity contribution >= 4 is 11.8 Å². The number of methoxy groups -OCH3 is 1. The van der Waals surface area contributed by atoms with E-state index in [1.165, 1.54) is 0 Å². The van der Waals surface area contributed by atoms with Crippen molar-refractivity contribution in [2.24, 2.45) is 0 Å². The van der Waals surface area contributed by atoms with Crippen LogP contribution < -0.4 is 14.8 Å². The zero-order valence-corrected chi connectivity index (χ0v) is 13.0. The summed E-state index contributed by atoms with van der Waals surface area (Å²) in [7, 11) is 1.55. The molecule has 0 aliphatic carbocycles. The standard InChI is InChI=1S/C15H23NO5/c1-5-19-13-8-7-12(9-14(13)20-6-2)16-15(17)21-11(3)10-18-4/h7-9,11H,5-6,10H2,1-4H3,(H,16,17). The van der Waals surface area contributed by atoms with Gasteiger partial charge in [-0.25, -0.2) is 4.79 Å². The van der Waals surface area contributed by atoms with E-state index in [9.17, 15) is 4.79 Å². The molecule has 0 bridgehead atoms. The first-order valence-electron chi connectivity index (χ1n) is 6.96. The highest BCUT2D eigenvalue weighted by molar-refractivity contribution is 5.85. The van der Waals surface area contributed by atoms with Gasteiger partial charge in [-0.2, -0.15) is 0 Å². The maximum absolute atomic E-state index is 11.7. The summed E-state index contributed by atoms with van der Waals surface area (Å²) in [4.78, 5) is 11.7. The minimum Gasteiger partial charge on any atom is -0.490 e. The lowest BCUT2D eigenvalue weighted by Crippen LogP contribution is -2.23. The molecule has 1 rings (SSSR count). The van der Waals surface area contributed by atoms with Crippen molar-refractivity contribution in [1.82, 2.24) is 0 Å². The zero-order valence-electron chi connectivity index (χ0n) is 13.0. The van der Waals surface area contributed by atoms with Crippen molar-refractivity contribution < 1.29 is 23.7 Å². The second-order valence-corrected chi connectivity index (χ2v) is 4.32. The quantitative estimate of drug-likeness (QED) is 0.798. The maximum Gasteiger partial charge on any atom is 0.411 e. The van der Waals surface area contributed by atoms with Crippen molar-refractivity contribution in [3.63, 3.8) is 0 Å². The smallest absolute Gasteiger partial charge is 0.411 e. The monoisotopic (exact) mass is 297 g/mol. The Labute approximate surface area is 125 Å². The van der Waals surface area contributed by atoms with Gasteiger partial charge in [0.25, 0.3) is 0 Å². The summed E-state index contributed by atoms with van der Waals surface area (Å²) >= 11 is 0. The number of benzene rings is 1. The Balaban J connectivity index is 2.70. The highest BCUT2D eigenvalue weighted by Gasteiger charge is 2.11. The lowest BCUT2D eigenvalue weighted by Gasteiger charge is -2.15. The minimum absolute atomic E-state index is 0.316. The van der Waals surface area contributed by atoms with Crippen LogP contribution in [0.1, 0.15) is 20.8 Å². The Kier molecular flexibility index (Phi) is 7.39.